The maximum atomic E-state index is 12.1. The molecular weight excluding hydrogens is 252 g/mol. The van der Waals surface area contributed by atoms with E-state index in [1.54, 1.807) is 0 Å². The van der Waals surface area contributed by atoms with Crippen LogP contribution in [-0.2, 0) is 4.74 Å². The van der Waals surface area contributed by atoms with Gasteiger partial charge in [-0.05, 0) is 58.9 Å². The number of likely N-dealkylation sites (tertiary alicyclic amines) is 1. The average molecular weight is 282 g/mol. The highest BCUT2D eigenvalue weighted by atomic mass is 16.6. The number of nitrogens with zero attached hydrogens (tertiary/aromatic N) is 1. The molecule has 2 fully saturated rings. The second-order valence-electron chi connectivity index (χ2n) is 7.39. The van der Waals surface area contributed by atoms with Gasteiger partial charge in [-0.1, -0.05) is 12.8 Å². The minimum absolute atomic E-state index is 0.156. The van der Waals surface area contributed by atoms with E-state index in [4.69, 9.17) is 4.74 Å². The molecule has 0 spiro atoms. The predicted molar refractivity (Wildman–Crippen MR) is 80.7 cm³/mol. The van der Waals surface area contributed by atoms with E-state index in [9.17, 15) is 4.79 Å². The fraction of sp³-hybridized carbons (Fsp3) is 0.938. The highest BCUT2D eigenvalue weighted by molar-refractivity contribution is 5.68. The summed E-state index contributed by atoms with van der Waals surface area (Å²) < 4.78 is 5.46. The number of hydrogen-bond acceptors (Lipinski definition) is 3. The van der Waals surface area contributed by atoms with Crippen LogP contribution in [0.3, 0.4) is 0 Å². The Hall–Kier alpha value is -0.770. The smallest absolute Gasteiger partial charge is 0.410 e. The van der Waals surface area contributed by atoms with E-state index in [0.717, 1.165) is 25.4 Å². The zero-order valence-electron chi connectivity index (χ0n) is 13.4. The molecule has 2 aliphatic rings. The number of carbonyl (C=O) groups is 1. The molecule has 2 atom stereocenters. The lowest BCUT2D eigenvalue weighted by Gasteiger charge is -2.26. The van der Waals surface area contributed by atoms with E-state index in [2.05, 4.69) is 5.32 Å². The summed E-state index contributed by atoms with van der Waals surface area (Å²) >= 11 is 0. The van der Waals surface area contributed by atoms with Crippen molar-refractivity contribution >= 4 is 6.09 Å². The topological polar surface area (TPSA) is 41.6 Å². The molecule has 0 aromatic heterocycles. The molecule has 1 aliphatic heterocycles. The lowest BCUT2D eigenvalue weighted by Crippen LogP contribution is -2.38. The molecule has 0 radical (unpaired) electrons. The zero-order chi connectivity index (χ0) is 14.8. The first-order valence-corrected chi connectivity index (χ1v) is 8.04. The van der Waals surface area contributed by atoms with Crippen LogP contribution in [0.5, 0.6) is 0 Å². The van der Waals surface area contributed by atoms with Gasteiger partial charge in [0.2, 0.25) is 0 Å². The van der Waals surface area contributed by atoms with Gasteiger partial charge in [-0.2, -0.15) is 0 Å². The van der Waals surface area contributed by atoms with Gasteiger partial charge in [0.15, 0.2) is 0 Å². The van der Waals surface area contributed by atoms with Crippen LogP contribution in [0.1, 0.15) is 52.9 Å². The van der Waals surface area contributed by atoms with Gasteiger partial charge in [0, 0.05) is 19.1 Å². The molecule has 1 saturated heterocycles. The van der Waals surface area contributed by atoms with Crippen molar-refractivity contribution in [2.45, 2.75) is 64.5 Å². The van der Waals surface area contributed by atoms with E-state index in [-0.39, 0.29) is 6.09 Å². The Kier molecular flexibility index (Phi) is 4.95. The Morgan fingerprint density at radius 3 is 2.60 bits per heavy atom. The van der Waals surface area contributed by atoms with Crippen molar-refractivity contribution in [2.24, 2.45) is 11.8 Å². The Bertz CT molecular complexity index is 334. The number of rotatable bonds is 5. The Morgan fingerprint density at radius 1 is 1.35 bits per heavy atom. The van der Waals surface area contributed by atoms with Gasteiger partial charge in [0.25, 0.3) is 0 Å². The third-order valence-corrected chi connectivity index (χ3v) is 4.40. The van der Waals surface area contributed by atoms with Gasteiger partial charge < -0.3 is 15.0 Å². The highest BCUT2D eigenvalue weighted by Crippen LogP contribution is 2.35. The summed E-state index contributed by atoms with van der Waals surface area (Å²) in [5.41, 5.74) is -0.399. The Morgan fingerprint density at radius 2 is 2.05 bits per heavy atom. The molecule has 1 aliphatic carbocycles. The summed E-state index contributed by atoms with van der Waals surface area (Å²) in [5, 5.41) is 3.46. The maximum Gasteiger partial charge on any atom is 0.410 e. The van der Waals surface area contributed by atoms with Crippen LogP contribution < -0.4 is 5.32 Å². The minimum atomic E-state index is -0.399. The fourth-order valence-corrected chi connectivity index (χ4v) is 3.05. The molecule has 116 valence electrons. The standard InChI is InChI=1S/C16H30N2O2/c1-16(2,3)20-15(19)18-10-9-13(11-18)14(17-4)8-7-12-5-6-12/h12-14,17H,5-11H2,1-4H3. The second-order valence-corrected chi connectivity index (χ2v) is 7.39. The third kappa shape index (κ3) is 4.65. The second kappa shape index (κ2) is 6.33. The first-order valence-electron chi connectivity index (χ1n) is 8.04. The summed E-state index contributed by atoms with van der Waals surface area (Å²) in [4.78, 5) is 13.9. The van der Waals surface area contributed by atoms with E-state index < -0.39 is 5.60 Å². The van der Waals surface area contributed by atoms with Crippen LogP contribution in [0.15, 0.2) is 0 Å². The highest BCUT2D eigenvalue weighted by Gasteiger charge is 2.34. The number of nitrogens with one attached hydrogen (secondary N) is 1. The molecule has 1 heterocycles. The Balaban J connectivity index is 1.78. The van der Waals surface area contributed by atoms with E-state index in [0.29, 0.717) is 12.0 Å². The average Bonchev–Trinajstić information content (AvgIpc) is 3.03. The summed E-state index contributed by atoms with van der Waals surface area (Å²) in [5.74, 6) is 1.56. The normalized spacial score (nSPS) is 24.8. The number of carbonyl (C=O) groups excluding carboxylic acids is 1. The van der Waals surface area contributed by atoms with E-state index >= 15 is 0 Å². The van der Waals surface area contributed by atoms with Crippen LogP contribution in [0.2, 0.25) is 0 Å². The Labute approximate surface area is 123 Å². The molecule has 2 rings (SSSR count). The van der Waals surface area contributed by atoms with Crippen LogP contribution in [0.4, 0.5) is 4.79 Å². The quantitative estimate of drug-likeness (QED) is 0.842. The molecule has 1 amide bonds. The number of hydrogen-bond donors (Lipinski definition) is 1. The maximum absolute atomic E-state index is 12.1. The van der Waals surface area contributed by atoms with Crippen LogP contribution in [0.25, 0.3) is 0 Å². The van der Waals surface area contributed by atoms with Gasteiger partial charge in [-0.3, -0.25) is 0 Å². The van der Waals surface area contributed by atoms with Crippen molar-refractivity contribution in [1.82, 2.24) is 10.2 Å². The van der Waals surface area contributed by atoms with Gasteiger partial charge in [-0.15, -0.1) is 0 Å². The largest absolute Gasteiger partial charge is 0.444 e. The molecule has 4 nitrogen and oxygen atoms in total. The molecular formula is C16H30N2O2. The summed E-state index contributed by atoms with van der Waals surface area (Å²) in [6.45, 7) is 7.44. The summed E-state index contributed by atoms with van der Waals surface area (Å²) in [6, 6.07) is 0.544. The number of ether oxygens (including phenoxy) is 1. The van der Waals surface area contributed by atoms with Crippen molar-refractivity contribution in [3.05, 3.63) is 0 Å². The van der Waals surface area contributed by atoms with Crippen LogP contribution >= 0.6 is 0 Å². The molecule has 0 aromatic carbocycles. The molecule has 2 unspecified atom stereocenters. The van der Waals surface area contributed by atoms with Crippen molar-refractivity contribution in [3.63, 3.8) is 0 Å². The van der Waals surface area contributed by atoms with Crippen LogP contribution in [0, 0.1) is 11.8 Å². The van der Waals surface area contributed by atoms with Crippen LogP contribution in [-0.4, -0.2) is 42.8 Å². The fourth-order valence-electron chi connectivity index (χ4n) is 3.05. The summed E-state index contributed by atoms with van der Waals surface area (Å²) in [6.07, 6.45) is 6.37. The zero-order valence-corrected chi connectivity index (χ0v) is 13.4. The van der Waals surface area contributed by atoms with Crippen molar-refractivity contribution in [2.75, 3.05) is 20.1 Å². The van der Waals surface area contributed by atoms with Crippen molar-refractivity contribution in [1.29, 1.82) is 0 Å². The van der Waals surface area contributed by atoms with E-state index in [1.165, 1.54) is 25.7 Å². The molecule has 1 saturated carbocycles. The first-order chi connectivity index (χ1) is 9.39. The van der Waals surface area contributed by atoms with Gasteiger partial charge >= 0.3 is 6.09 Å². The summed E-state index contributed by atoms with van der Waals surface area (Å²) in [7, 11) is 2.05. The lowest BCUT2D eigenvalue weighted by molar-refractivity contribution is 0.0285. The van der Waals surface area contributed by atoms with Crippen molar-refractivity contribution < 1.29 is 9.53 Å². The van der Waals surface area contributed by atoms with Gasteiger partial charge in [-0.25, -0.2) is 4.79 Å². The minimum Gasteiger partial charge on any atom is -0.444 e. The monoisotopic (exact) mass is 282 g/mol. The SMILES string of the molecule is CNC(CCC1CC1)C1CCN(C(=O)OC(C)(C)C)C1. The van der Waals surface area contributed by atoms with E-state index in [1.807, 2.05) is 32.7 Å². The van der Waals surface area contributed by atoms with Crippen molar-refractivity contribution in [3.8, 4) is 0 Å². The molecule has 20 heavy (non-hydrogen) atoms. The van der Waals surface area contributed by atoms with Gasteiger partial charge in [0.05, 0.1) is 0 Å². The molecule has 0 bridgehead atoms. The predicted octanol–water partition coefficient (Wildman–Crippen LogP) is 3.02. The van der Waals surface area contributed by atoms with Gasteiger partial charge in [0.1, 0.15) is 5.60 Å². The molecule has 1 N–H and O–H groups in total. The number of amides is 1. The lowest BCUT2D eigenvalue weighted by atomic mass is 9.94. The molecule has 0 aromatic rings. The first kappa shape index (κ1) is 15.6. The molecule has 4 heteroatoms. The third-order valence-electron chi connectivity index (χ3n) is 4.40.